The van der Waals surface area contributed by atoms with Crippen LogP contribution in [0, 0.1) is 0 Å². The summed E-state index contributed by atoms with van der Waals surface area (Å²) in [6, 6.07) is 0. The van der Waals surface area contributed by atoms with Crippen molar-refractivity contribution in [3.05, 3.63) is 25.3 Å². The molecule has 0 saturated heterocycles. The Labute approximate surface area is 73.3 Å². The van der Waals surface area contributed by atoms with Gasteiger partial charge in [-0.2, -0.15) is 0 Å². The third-order valence-electron chi connectivity index (χ3n) is 1.16. The van der Waals surface area contributed by atoms with E-state index in [1.54, 1.807) is 12.2 Å². The van der Waals surface area contributed by atoms with Gasteiger partial charge in [-0.3, -0.25) is 0 Å². The lowest BCUT2D eigenvalue weighted by molar-refractivity contribution is -0.135. The van der Waals surface area contributed by atoms with Crippen LogP contribution < -0.4 is 0 Å². The van der Waals surface area contributed by atoms with E-state index in [1.165, 1.54) is 0 Å². The molecule has 0 spiro atoms. The SMILES string of the molecule is C=CCOC(CCO)OCC=C. The van der Waals surface area contributed by atoms with Crippen LogP contribution in [0.15, 0.2) is 25.3 Å². The zero-order chi connectivity index (χ0) is 9.23. The predicted molar refractivity (Wildman–Crippen MR) is 47.8 cm³/mol. The summed E-state index contributed by atoms with van der Waals surface area (Å²) in [5.41, 5.74) is 0. The normalized spacial score (nSPS) is 10.2. The van der Waals surface area contributed by atoms with Gasteiger partial charge in [-0.05, 0) is 0 Å². The minimum atomic E-state index is -0.356. The van der Waals surface area contributed by atoms with Gasteiger partial charge >= 0.3 is 0 Å². The van der Waals surface area contributed by atoms with Crippen molar-refractivity contribution in [3.8, 4) is 0 Å². The molecule has 1 N–H and O–H groups in total. The Balaban J connectivity index is 3.52. The molecule has 70 valence electrons. The standard InChI is InChI=1S/C9H16O3/c1-3-7-11-9(5-6-10)12-8-4-2/h3-4,9-10H,1-2,5-8H2. The van der Waals surface area contributed by atoms with Gasteiger partial charge in [-0.1, -0.05) is 12.2 Å². The highest BCUT2D eigenvalue weighted by Crippen LogP contribution is 2.00. The number of aliphatic hydroxyl groups excluding tert-OH is 1. The van der Waals surface area contributed by atoms with Crippen LogP contribution in [0.5, 0.6) is 0 Å². The summed E-state index contributed by atoms with van der Waals surface area (Å²) < 4.78 is 10.4. The van der Waals surface area contributed by atoms with Crippen molar-refractivity contribution in [2.24, 2.45) is 0 Å². The molecule has 0 aromatic heterocycles. The molecule has 0 amide bonds. The minimum Gasteiger partial charge on any atom is -0.396 e. The van der Waals surface area contributed by atoms with Crippen molar-refractivity contribution < 1.29 is 14.6 Å². The molecule has 0 aromatic carbocycles. The first kappa shape index (κ1) is 11.4. The van der Waals surface area contributed by atoms with E-state index >= 15 is 0 Å². The van der Waals surface area contributed by atoms with E-state index in [9.17, 15) is 0 Å². The van der Waals surface area contributed by atoms with Crippen LogP contribution in [-0.2, 0) is 9.47 Å². The number of hydrogen-bond donors (Lipinski definition) is 1. The van der Waals surface area contributed by atoms with Crippen molar-refractivity contribution in [3.63, 3.8) is 0 Å². The topological polar surface area (TPSA) is 38.7 Å². The zero-order valence-electron chi connectivity index (χ0n) is 7.24. The summed E-state index contributed by atoms with van der Waals surface area (Å²) >= 11 is 0. The summed E-state index contributed by atoms with van der Waals surface area (Å²) in [5, 5.41) is 8.62. The van der Waals surface area contributed by atoms with Gasteiger partial charge in [0.15, 0.2) is 6.29 Å². The molecule has 0 atom stereocenters. The van der Waals surface area contributed by atoms with Crippen molar-refractivity contribution in [2.45, 2.75) is 12.7 Å². The molecule has 0 bridgehead atoms. The van der Waals surface area contributed by atoms with E-state index < -0.39 is 0 Å². The molecule has 0 aliphatic carbocycles. The lowest BCUT2D eigenvalue weighted by atomic mass is 10.4. The fourth-order valence-electron chi connectivity index (χ4n) is 0.671. The summed E-state index contributed by atoms with van der Waals surface area (Å²) in [7, 11) is 0. The van der Waals surface area contributed by atoms with Crippen LogP contribution in [-0.4, -0.2) is 31.2 Å². The molecule has 0 aliphatic heterocycles. The maximum Gasteiger partial charge on any atom is 0.160 e. The molecule has 0 saturated carbocycles. The molecule has 3 nitrogen and oxygen atoms in total. The summed E-state index contributed by atoms with van der Waals surface area (Å²) in [6.45, 7) is 7.94. The van der Waals surface area contributed by atoms with Crippen LogP contribution >= 0.6 is 0 Å². The van der Waals surface area contributed by atoms with Crippen molar-refractivity contribution >= 4 is 0 Å². The molecule has 0 aromatic rings. The minimum absolute atomic E-state index is 0.0545. The predicted octanol–water partition coefficient (Wildman–Crippen LogP) is 1.10. The Kier molecular flexibility index (Phi) is 8.01. The first-order chi connectivity index (χ1) is 5.85. The van der Waals surface area contributed by atoms with Gasteiger partial charge in [-0.15, -0.1) is 13.2 Å². The van der Waals surface area contributed by atoms with Gasteiger partial charge in [0.1, 0.15) is 0 Å². The van der Waals surface area contributed by atoms with E-state index in [2.05, 4.69) is 13.2 Å². The molecule has 0 heterocycles. The second-order valence-electron chi connectivity index (χ2n) is 2.19. The second kappa shape index (κ2) is 8.46. The van der Waals surface area contributed by atoms with Crippen LogP contribution in [0.1, 0.15) is 6.42 Å². The van der Waals surface area contributed by atoms with Crippen molar-refractivity contribution in [1.82, 2.24) is 0 Å². The third-order valence-corrected chi connectivity index (χ3v) is 1.16. The molecule has 0 unspecified atom stereocenters. The maximum atomic E-state index is 8.62. The highest BCUT2D eigenvalue weighted by molar-refractivity contribution is 4.67. The van der Waals surface area contributed by atoms with Crippen LogP contribution in [0.4, 0.5) is 0 Å². The van der Waals surface area contributed by atoms with Gasteiger partial charge in [0.25, 0.3) is 0 Å². The number of ether oxygens (including phenoxy) is 2. The quantitative estimate of drug-likeness (QED) is 0.440. The lowest BCUT2D eigenvalue weighted by Gasteiger charge is -2.15. The summed E-state index contributed by atoms with van der Waals surface area (Å²) in [6.07, 6.45) is 3.40. The van der Waals surface area contributed by atoms with Gasteiger partial charge in [0.05, 0.1) is 13.2 Å². The second-order valence-corrected chi connectivity index (χ2v) is 2.19. The van der Waals surface area contributed by atoms with Gasteiger partial charge in [0.2, 0.25) is 0 Å². The third kappa shape index (κ3) is 6.09. The Morgan fingerprint density at radius 1 is 1.17 bits per heavy atom. The van der Waals surface area contributed by atoms with Crippen LogP contribution in [0.25, 0.3) is 0 Å². The first-order valence-corrected chi connectivity index (χ1v) is 3.91. The van der Waals surface area contributed by atoms with E-state index in [4.69, 9.17) is 14.6 Å². The highest BCUT2D eigenvalue weighted by atomic mass is 16.7. The monoisotopic (exact) mass is 172 g/mol. The Morgan fingerprint density at radius 3 is 2.00 bits per heavy atom. The average molecular weight is 172 g/mol. The summed E-state index contributed by atoms with van der Waals surface area (Å²) in [4.78, 5) is 0. The molecule has 3 heteroatoms. The fraction of sp³-hybridized carbons (Fsp3) is 0.556. The smallest absolute Gasteiger partial charge is 0.160 e. The molecule has 0 aliphatic rings. The van der Waals surface area contributed by atoms with Gasteiger partial charge in [0, 0.05) is 13.0 Å². The van der Waals surface area contributed by atoms with Crippen LogP contribution in [0.2, 0.25) is 0 Å². The Hall–Kier alpha value is -0.640. The number of aliphatic hydroxyl groups is 1. The fourth-order valence-corrected chi connectivity index (χ4v) is 0.671. The number of rotatable bonds is 8. The first-order valence-electron chi connectivity index (χ1n) is 3.91. The molecule has 0 fully saturated rings. The summed E-state index contributed by atoms with van der Waals surface area (Å²) in [5.74, 6) is 0. The number of hydrogen-bond acceptors (Lipinski definition) is 3. The Morgan fingerprint density at radius 2 is 1.67 bits per heavy atom. The largest absolute Gasteiger partial charge is 0.396 e. The van der Waals surface area contributed by atoms with Gasteiger partial charge in [-0.25, -0.2) is 0 Å². The zero-order valence-corrected chi connectivity index (χ0v) is 7.24. The van der Waals surface area contributed by atoms with E-state index in [0.29, 0.717) is 19.6 Å². The highest BCUT2D eigenvalue weighted by Gasteiger charge is 2.05. The Bertz CT molecular complexity index is 111. The molecule has 0 radical (unpaired) electrons. The van der Waals surface area contributed by atoms with Crippen molar-refractivity contribution in [1.29, 1.82) is 0 Å². The molecular formula is C9H16O3. The molecule has 0 rings (SSSR count). The lowest BCUT2D eigenvalue weighted by Crippen LogP contribution is -2.19. The molecular weight excluding hydrogens is 156 g/mol. The molecule has 12 heavy (non-hydrogen) atoms. The van der Waals surface area contributed by atoms with E-state index in [0.717, 1.165) is 0 Å². The van der Waals surface area contributed by atoms with Crippen LogP contribution in [0.3, 0.4) is 0 Å². The van der Waals surface area contributed by atoms with E-state index in [-0.39, 0.29) is 12.9 Å². The average Bonchev–Trinajstić information content (AvgIpc) is 2.10. The maximum absolute atomic E-state index is 8.62. The van der Waals surface area contributed by atoms with E-state index in [1.807, 2.05) is 0 Å². The van der Waals surface area contributed by atoms with Crippen molar-refractivity contribution in [2.75, 3.05) is 19.8 Å². The van der Waals surface area contributed by atoms with Gasteiger partial charge < -0.3 is 14.6 Å².